The summed E-state index contributed by atoms with van der Waals surface area (Å²) in [5.74, 6) is 0. The third kappa shape index (κ3) is 3.88. The number of pyridine rings is 1. The molecule has 0 amide bonds. The zero-order valence-electron chi connectivity index (χ0n) is 12.7. The monoisotopic (exact) mass is 449 g/mol. The highest BCUT2D eigenvalue weighted by molar-refractivity contribution is 6.49. The van der Waals surface area contributed by atoms with Crippen LogP contribution in [0.1, 0.15) is 5.56 Å². The Bertz CT molecular complexity index is 937. The molecule has 128 valence electrons. The Hall–Kier alpha value is -0.670. The molecule has 0 aliphatic heterocycles. The summed E-state index contributed by atoms with van der Waals surface area (Å²) < 4.78 is 0. The first kappa shape index (κ1) is 19.1. The summed E-state index contributed by atoms with van der Waals surface area (Å²) in [5.41, 5.74) is 4.18. The minimum atomic E-state index is 0.326. The lowest BCUT2D eigenvalue weighted by Gasteiger charge is -2.11. The van der Waals surface area contributed by atoms with Crippen LogP contribution in [0.5, 0.6) is 0 Å². The lowest BCUT2D eigenvalue weighted by molar-refractivity contribution is 1.27. The number of hydrogen-bond acceptors (Lipinski definition) is 1. The summed E-state index contributed by atoms with van der Waals surface area (Å²) in [6.07, 6.45) is 1.73. The Kier molecular flexibility index (Phi) is 5.75. The van der Waals surface area contributed by atoms with Crippen LogP contribution in [0, 0.1) is 6.92 Å². The molecule has 0 aliphatic rings. The highest BCUT2D eigenvalue weighted by atomic mass is 35.5. The van der Waals surface area contributed by atoms with E-state index in [1.165, 1.54) is 0 Å². The number of nitrogens with zero attached hydrogens (tertiary/aromatic N) is 1. The van der Waals surface area contributed by atoms with Crippen molar-refractivity contribution in [2.75, 3.05) is 0 Å². The second kappa shape index (κ2) is 7.52. The summed E-state index contributed by atoms with van der Waals surface area (Å²) in [6, 6.07) is 8.96. The van der Waals surface area contributed by atoms with E-state index in [2.05, 4.69) is 4.98 Å². The van der Waals surface area contributed by atoms with Crippen LogP contribution in [-0.4, -0.2) is 4.98 Å². The fourth-order valence-electron chi connectivity index (χ4n) is 2.45. The highest BCUT2D eigenvalue weighted by Gasteiger charge is 2.13. The maximum Gasteiger partial charge on any atom is 0.0778 e. The summed E-state index contributed by atoms with van der Waals surface area (Å²) in [6.45, 7) is 1.95. The van der Waals surface area contributed by atoms with Gasteiger partial charge in [-0.3, -0.25) is 4.98 Å². The van der Waals surface area contributed by atoms with Crippen LogP contribution in [0.3, 0.4) is 0 Å². The molecule has 0 N–H and O–H groups in total. The Morgan fingerprint density at radius 3 is 1.48 bits per heavy atom. The lowest BCUT2D eigenvalue weighted by atomic mass is 10.0. The molecule has 1 nitrogen and oxygen atoms in total. The van der Waals surface area contributed by atoms with Crippen molar-refractivity contribution < 1.29 is 0 Å². The molecule has 0 spiro atoms. The molecule has 7 heteroatoms. The second-order valence-electron chi connectivity index (χ2n) is 5.40. The van der Waals surface area contributed by atoms with E-state index in [0.717, 1.165) is 27.9 Å². The average molecular weight is 452 g/mol. The van der Waals surface area contributed by atoms with E-state index in [1.54, 1.807) is 30.5 Å². The maximum absolute atomic E-state index is 6.11. The van der Waals surface area contributed by atoms with E-state index in [9.17, 15) is 0 Å². The number of aryl methyl sites for hydroxylation is 1. The van der Waals surface area contributed by atoms with Gasteiger partial charge in [0.15, 0.2) is 0 Å². The summed E-state index contributed by atoms with van der Waals surface area (Å²) in [5, 5.41) is 2.20. The quantitative estimate of drug-likeness (QED) is 0.355. The van der Waals surface area contributed by atoms with Crippen LogP contribution in [-0.2, 0) is 0 Å². The van der Waals surface area contributed by atoms with Crippen molar-refractivity contribution in [3.05, 3.63) is 72.2 Å². The third-order valence-electron chi connectivity index (χ3n) is 3.65. The molecular formula is C18H9Cl6N. The van der Waals surface area contributed by atoms with Gasteiger partial charge in [-0.05, 0) is 48.4 Å². The van der Waals surface area contributed by atoms with Crippen LogP contribution in [0.4, 0.5) is 0 Å². The summed E-state index contributed by atoms with van der Waals surface area (Å²) in [7, 11) is 0. The number of rotatable bonds is 2. The number of halogens is 6. The van der Waals surface area contributed by atoms with Gasteiger partial charge in [-0.15, -0.1) is 0 Å². The van der Waals surface area contributed by atoms with Crippen molar-refractivity contribution in [2.24, 2.45) is 0 Å². The van der Waals surface area contributed by atoms with Crippen LogP contribution in [0.15, 0.2) is 36.5 Å². The second-order valence-corrected chi connectivity index (χ2v) is 7.78. The van der Waals surface area contributed by atoms with Crippen molar-refractivity contribution in [3.8, 4) is 22.4 Å². The van der Waals surface area contributed by atoms with Crippen molar-refractivity contribution in [3.63, 3.8) is 0 Å². The molecular weight excluding hydrogens is 443 g/mol. The van der Waals surface area contributed by atoms with Gasteiger partial charge in [0.2, 0.25) is 0 Å². The number of aromatic nitrogens is 1. The zero-order valence-corrected chi connectivity index (χ0v) is 17.2. The molecule has 0 aliphatic carbocycles. The first-order chi connectivity index (χ1) is 11.8. The number of benzene rings is 2. The van der Waals surface area contributed by atoms with E-state index >= 15 is 0 Å². The molecule has 3 rings (SSSR count). The molecule has 1 heterocycles. The molecule has 3 aromatic rings. The minimum absolute atomic E-state index is 0.326. The average Bonchev–Trinajstić information content (AvgIpc) is 2.56. The highest BCUT2D eigenvalue weighted by Crippen LogP contribution is 2.38. The predicted octanol–water partition coefficient (Wildman–Crippen LogP) is 8.64. The van der Waals surface area contributed by atoms with Gasteiger partial charge in [-0.2, -0.15) is 0 Å². The Labute approximate surface area is 175 Å². The van der Waals surface area contributed by atoms with Crippen LogP contribution < -0.4 is 0 Å². The topological polar surface area (TPSA) is 12.9 Å². The van der Waals surface area contributed by atoms with E-state index in [1.807, 2.05) is 13.0 Å². The smallest absolute Gasteiger partial charge is 0.0778 e. The van der Waals surface area contributed by atoms with Gasteiger partial charge in [0, 0.05) is 17.3 Å². The van der Waals surface area contributed by atoms with Gasteiger partial charge in [0.05, 0.1) is 35.8 Å². The molecule has 0 saturated carbocycles. The van der Waals surface area contributed by atoms with Crippen LogP contribution in [0.25, 0.3) is 22.4 Å². The number of hydrogen-bond donors (Lipinski definition) is 0. The summed E-state index contributed by atoms with van der Waals surface area (Å²) in [4.78, 5) is 4.54. The first-order valence-electron chi connectivity index (χ1n) is 7.04. The van der Waals surface area contributed by atoms with Crippen LogP contribution in [0.2, 0.25) is 30.1 Å². The summed E-state index contributed by atoms with van der Waals surface area (Å²) >= 11 is 36.4. The molecule has 0 bridgehead atoms. The van der Waals surface area contributed by atoms with Gasteiger partial charge in [-0.25, -0.2) is 0 Å². The molecule has 0 unspecified atom stereocenters. The molecule has 25 heavy (non-hydrogen) atoms. The molecule has 2 aromatic carbocycles. The van der Waals surface area contributed by atoms with Crippen molar-refractivity contribution in [2.45, 2.75) is 6.92 Å². The molecule has 0 fully saturated rings. The molecule has 0 saturated heterocycles. The standard InChI is InChI=1S/C18H9Cl6N/c1-8-2-11(9-3-12(19)16(23)13(20)4-9)7-25-18(8)10-5-14(21)17(24)15(22)6-10/h2-7H,1H3. The van der Waals surface area contributed by atoms with E-state index in [0.29, 0.717) is 30.1 Å². The van der Waals surface area contributed by atoms with Gasteiger partial charge in [0.1, 0.15) is 0 Å². The Morgan fingerprint density at radius 2 is 1.04 bits per heavy atom. The van der Waals surface area contributed by atoms with Crippen LogP contribution >= 0.6 is 69.6 Å². The van der Waals surface area contributed by atoms with Crippen molar-refractivity contribution in [1.82, 2.24) is 4.98 Å². The fourth-order valence-corrected chi connectivity index (χ4v) is 3.64. The van der Waals surface area contributed by atoms with Crippen molar-refractivity contribution >= 4 is 69.6 Å². The van der Waals surface area contributed by atoms with Gasteiger partial charge in [0.25, 0.3) is 0 Å². The molecule has 0 radical (unpaired) electrons. The lowest BCUT2D eigenvalue weighted by Crippen LogP contribution is -1.91. The largest absolute Gasteiger partial charge is 0.255 e. The Balaban J connectivity index is 2.08. The van der Waals surface area contributed by atoms with Crippen molar-refractivity contribution in [1.29, 1.82) is 0 Å². The van der Waals surface area contributed by atoms with Gasteiger partial charge >= 0.3 is 0 Å². The zero-order chi connectivity index (χ0) is 18.3. The maximum atomic E-state index is 6.11. The van der Waals surface area contributed by atoms with Gasteiger partial charge in [-0.1, -0.05) is 69.6 Å². The van der Waals surface area contributed by atoms with Gasteiger partial charge < -0.3 is 0 Å². The molecule has 1 aromatic heterocycles. The SMILES string of the molecule is Cc1cc(-c2cc(Cl)c(Cl)c(Cl)c2)cnc1-c1cc(Cl)c(Cl)c(Cl)c1. The van der Waals surface area contributed by atoms with E-state index in [-0.39, 0.29) is 0 Å². The normalized spacial score (nSPS) is 11.0. The molecule has 0 atom stereocenters. The first-order valence-corrected chi connectivity index (χ1v) is 9.31. The Morgan fingerprint density at radius 1 is 0.600 bits per heavy atom. The van der Waals surface area contributed by atoms with E-state index in [4.69, 9.17) is 69.6 Å². The van der Waals surface area contributed by atoms with E-state index < -0.39 is 0 Å². The third-order valence-corrected chi connectivity index (χ3v) is 6.05. The fraction of sp³-hybridized carbons (Fsp3) is 0.0556. The predicted molar refractivity (Wildman–Crippen MR) is 110 cm³/mol. The minimum Gasteiger partial charge on any atom is -0.255 e.